The molecule has 3 rings (SSSR count). The highest BCUT2D eigenvalue weighted by molar-refractivity contribution is 7.07. The SMILES string of the molecule is CC[C@@H](Oc1ccc2c(cnn2-c2cscn2)c1)[C@H](C)NC(=O)C(C)(F)F. The predicted molar refractivity (Wildman–Crippen MR) is 99.7 cm³/mol. The molecule has 2 aromatic heterocycles. The van der Waals surface area contributed by atoms with Crippen LogP contribution >= 0.6 is 11.3 Å². The average molecular weight is 394 g/mol. The Bertz CT molecular complexity index is 921. The summed E-state index contributed by atoms with van der Waals surface area (Å²) in [6, 6.07) is 4.92. The van der Waals surface area contributed by atoms with Crippen LogP contribution in [0.4, 0.5) is 8.78 Å². The van der Waals surface area contributed by atoms with Gasteiger partial charge in [-0.25, -0.2) is 9.67 Å². The maximum atomic E-state index is 13.1. The number of hydrogen-bond donors (Lipinski definition) is 1. The number of benzene rings is 1. The summed E-state index contributed by atoms with van der Waals surface area (Å²) in [5, 5.41) is 9.43. The first kappa shape index (κ1) is 19.2. The zero-order chi connectivity index (χ0) is 19.6. The molecule has 0 aliphatic carbocycles. The van der Waals surface area contributed by atoms with E-state index in [2.05, 4.69) is 15.4 Å². The van der Waals surface area contributed by atoms with Gasteiger partial charge in [-0.1, -0.05) is 6.92 Å². The highest BCUT2D eigenvalue weighted by atomic mass is 32.1. The smallest absolute Gasteiger partial charge is 0.321 e. The van der Waals surface area contributed by atoms with Crippen molar-refractivity contribution in [2.75, 3.05) is 0 Å². The number of fused-ring (bicyclic) bond motifs is 1. The van der Waals surface area contributed by atoms with E-state index in [1.807, 2.05) is 24.4 Å². The lowest BCUT2D eigenvalue weighted by Gasteiger charge is -2.26. The number of ether oxygens (including phenoxy) is 1. The number of rotatable bonds is 7. The molecule has 0 unspecified atom stereocenters. The van der Waals surface area contributed by atoms with E-state index >= 15 is 0 Å². The molecule has 144 valence electrons. The molecule has 9 heteroatoms. The van der Waals surface area contributed by atoms with Crippen LogP contribution in [-0.2, 0) is 4.79 Å². The molecule has 0 bridgehead atoms. The van der Waals surface area contributed by atoms with Crippen molar-refractivity contribution in [3.63, 3.8) is 0 Å². The van der Waals surface area contributed by atoms with E-state index < -0.39 is 24.0 Å². The van der Waals surface area contributed by atoms with E-state index in [0.717, 1.165) is 16.7 Å². The van der Waals surface area contributed by atoms with Crippen molar-refractivity contribution in [3.05, 3.63) is 35.3 Å². The fourth-order valence-electron chi connectivity index (χ4n) is 2.72. The Morgan fingerprint density at radius 1 is 1.44 bits per heavy atom. The maximum absolute atomic E-state index is 13.1. The summed E-state index contributed by atoms with van der Waals surface area (Å²) in [5.41, 5.74) is 2.62. The minimum absolute atomic E-state index is 0.442. The zero-order valence-electron chi connectivity index (χ0n) is 15.1. The van der Waals surface area contributed by atoms with Crippen molar-refractivity contribution in [3.8, 4) is 11.6 Å². The van der Waals surface area contributed by atoms with Crippen molar-refractivity contribution in [1.29, 1.82) is 0 Å². The van der Waals surface area contributed by atoms with Gasteiger partial charge in [0, 0.05) is 17.7 Å². The van der Waals surface area contributed by atoms with E-state index in [1.54, 1.807) is 29.4 Å². The molecular formula is C18H20F2N4O2S. The Labute approximate surface area is 159 Å². The van der Waals surface area contributed by atoms with Crippen molar-refractivity contribution < 1.29 is 18.3 Å². The first-order valence-electron chi connectivity index (χ1n) is 8.51. The molecule has 0 radical (unpaired) electrons. The second-order valence-electron chi connectivity index (χ2n) is 6.34. The Hall–Kier alpha value is -2.55. The second kappa shape index (κ2) is 7.59. The first-order valence-corrected chi connectivity index (χ1v) is 9.45. The number of alkyl halides is 2. The molecule has 0 aliphatic rings. The van der Waals surface area contributed by atoms with Crippen molar-refractivity contribution in [2.24, 2.45) is 0 Å². The molecular weight excluding hydrogens is 374 g/mol. The fourth-order valence-corrected chi connectivity index (χ4v) is 3.23. The van der Waals surface area contributed by atoms with Crippen LogP contribution in [0.25, 0.3) is 16.7 Å². The van der Waals surface area contributed by atoms with Crippen molar-refractivity contribution >= 4 is 28.1 Å². The monoisotopic (exact) mass is 394 g/mol. The van der Waals surface area contributed by atoms with Gasteiger partial charge in [0.2, 0.25) is 0 Å². The molecule has 0 saturated carbocycles. The highest BCUT2D eigenvalue weighted by Crippen LogP contribution is 2.25. The summed E-state index contributed by atoms with van der Waals surface area (Å²) in [7, 11) is 0. The molecule has 3 aromatic rings. The number of aromatic nitrogens is 3. The molecule has 2 heterocycles. The van der Waals surface area contributed by atoms with Gasteiger partial charge in [0.25, 0.3) is 5.91 Å². The number of carbonyl (C=O) groups is 1. The van der Waals surface area contributed by atoms with Crippen LogP contribution in [0.1, 0.15) is 27.2 Å². The third-order valence-electron chi connectivity index (χ3n) is 4.18. The minimum Gasteiger partial charge on any atom is -0.488 e. The maximum Gasteiger partial charge on any atom is 0.321 e. The Morgan fingerprint density at radius 3 is 2.85 bits per heavy atom. The third kappa shape index (κ3) is 4.24. The van der Waals surface area contributed by atoms with Gasteiger partial charge in [-0.05, 0) is 31.5 Å². The molecule has 0 fully saturated rings. The van der Waals surface area contributed by atoms with Crippen molar-refractivity contribution in [1.82, 2.24) is 20.1 Å². The van der Waals surface area contributed by atoms with Crippen molar-refractivity contribution in [2.45, 2.75) is 45.3 Å². The zero-order valence-corrected chi connectivity index (χ0v) is 16.0. The number of amides is 1. The lowest BCUT2D eigenvalue weighted by atomic mass is 10.1. The summed E-state index contributed by atoms with van der Waals surface area (Å²) in [6.45, 7) is 4.09. The van der Waals surface area contributed by atoms with Crippen LogP contribution in [-0.4, -0.2) is 38.7 Å². The molecule has 27 heavy (non-hydrogen) atoms. The van der Waals surface area contributed by atoms with Gasteiger partial charge < -0.3 is 10.1 Å². The van der Waals surface area contributed by atoms with Crippen LogP contribution in [0.15, 0.2) is 35.3 Å². The van der Waals surface area contributed by atoms with Gasteiger partial charge >= 0.3 is 5.92 Å². The van der Waals surface area contributed by atoms with Gasteiger partial charge in [0.05, 0.1) is 23.3 Å². The van der Waals surface area contributed by atoms with Gasteiger partial charge in [0.15, 0.2) is 5.82 Å². The lowest BCUT2D eigenvalue weighted by molar-refractivity contribution is -0.144. The fraction of sp³-hybridized carbons (Fsp3) is 0.389. The van der Waals surface area contributed by atoms with Gasteiger partial charge in [-0.2, -0.15) is 13.9 Å². The van der Waals surface area contributed by atoms with E-state index in [4.69, 9.17) is 4.74 Å². The highest BCUT2D eigenvalue weighted by Gasteiger charge is 2.34. The van der Waals surface area contributed by atoms with Gasteiger partial charge in [-0.15, -0.1) is 11.3 Å². The lowest BCUT2D eigenvalue weighted by Crippen LogP contribution is -2.48. The normalized spacial score (nSPS) is 14.1. The molecule has 6 nitrogen and oxygen atoms in total. The Kier molecular flexibility index (Phi) is 5.41. The van der Waals surface area contributed by atoms with E-state index in [0.29, 0.717) is 19.1 Å². The van der Waals surface area contributed by atoms with Crippen LogP contribution < -0.4 is 10.1 Å². The molecule has 1 N–H and O–H groups in total. The quantitative estimate of drug-likeness (QED) is 0.662. The molecule has 0 aliphatic heterocycles. The van der Waals surface area contributed by atoms with Gasteiger partial charge in [-0.3, -0.25) is 4.79 Å². The first-order chi connectivity index (χ1) is 12.8. The molecule has 0 saturated heterocycles. The van der Waals surface area contributed by atoms with Crippen LogP contribution in [0.3, 0.4) is 0 Å². The van der Waals surface area contributed by atoms with E-state index in [-0.39, 0.29) is 0 Å². The standard InChI is InChI=1S/C18H20F2N4O2S/c1-4-15(11(2)23-17(25)18(3,19)20)26-13-5-6-14-12(7-13)8-22-24(14)16-9-27-10-21-16/h5-11,15H,4H2,1-3H3,(H,23,25)/t11-,15+/m0/s1. The van der Waals surface area contributed by atoms with Crippen LogP contribution in [0.5, 0.6) is 5.75 Å². The molecule has 0 spiro atoms. The summed E-state index contributed by atoms with van der Waals surface area (Å²) in [5.74, 6) is -3.41. The summed E-state index contributed by atoms with van der Waals surface area (Å²) in [4.78, 5) is 15.8. The Balaban J connectivity index is 1.76. The summed E-state index contributed by atoms with van der Waals surface area (Å²) < 4.78 is 33.9. The molecule has 1 amide bonds. The topological polar surface area (TPSA) is 69.0 Å². The third-order valence-corrected chi connectivity index (χ3v) is 4.75. The second-order valence-corrected chi connectivity index (χ2v) is 7.06. The van der Waals surface area contributed by atoms with E-state index in [9.17, 15) is 13.6 Å². The van der Waals surface area contributed by atoms with E-state index in [1.165, 1.54) is 11.3 Å². The largest absolute Gasteiger partial charge is 0.488 e. The summed E-state index contributed by atoms with van der Waals surface area (Å²) in [6.07, 6.45) is 1.82. The predicted octanol–water partition coefficient (Wildman–Crippen LogP) is 3.80. The number of hydrogen-bond acceptors (Lipinski definition) is 5. The number of nitrogens with one attached hydrogen (secondary N) is 1. The number of thiazole rings is 1. The molecule has 2 atom stereocenters. The minimum atomic E-state index is -3.42. The number of carbonyl (C=O) groups excluding carboxylic acids is 1. The number of nitrogens with zero attached hydrogens (tertiary/aromatic N) is 3. The summed E-state index contributed by atoms with van der Waals surface area (Å²) >= 11 is 1.49. The van der Waals surface area contributed by atoms with Crippen LogP contribution in [0.2, 0.25) is 0 Å². The molecule has 1 aromatic carbocycles. The Morgan fingerprint density at radius 2 is 2.22 bits per heavy atom. The average Bonchev–Trinajstić information content (AvgIpc) is 3.27. The van der Waals surface area contributed by atoms with Gasteiger partial charge in [0.1, 0.15) is 11.9 Å². The number of halogens is 2. The van der Waals surface area contributed by atoms with Crippen LogP contribution in [0, 0.1) is 0 Å².